The Balaban J connectivity index is 1.93. The van der Waals surface area contributed by atoms with Crippen LogP contribution in [0, 0.1) is 11.3 Å². The van der Waals surface area contributed by atoms with Crippen molar-refractivity contribution < 1.29 is 4.74 Å². The van der Waals surface area contributed by atoms with Crippen LogP contribution in [-0.2, 0) is 6.54 Å². The van der Waals surface area contributed by atoms with Gasteiger partial charge in [-0.3, -0.25) is 0 Å². The standard InChI is InChI=1S/C16H22N2O/c1-19-16-9-8-13(10-14(16)11-17)12-18-15-6-4-2-3-5-7-15/h8-10,15,18H,2-7,12H2,1H3. The highest BCUT2D eigenvalue weighted by Gasteiger charge is 2.11. The molecule has 1 fully saturated rings. The quantitative estimate of drug-likeness (QED) is 0.842. The van der Waals surface area contributed by atoms with Crippen LogP contribution in [0.15, 0.2) is 18.2 Å². The van der Waals surface area contributed by atoms with Gasteiger partial charge in [0, 0.05) is 12.6 Å². The minimum Gasteiger partial charge on any atom is -0.495 e. The Labute approximate surface area is 115 Å². The maximum Gasteiger partial charge on any atom is 0.136 e. The molecule has 19 heavy (non-hydrogen) atoms. The lowest BCUT2D eigenvalue weighted by molar-refractivity contribution is 0.413. The molecular formula is C16H22N2O. The van der Waals surface area contributed by atoms with E-state index in [2.05, 4.69) is 11.4 Å². The number of nitriles is 1. The summed E-state index contributed by atoms with van der Waals surface area (Å²) in [7, 11) is 1.60. The maximum absolute atomic E-state index is 9.08. The predicted octanol–water partition coefficient (Wildman–Crippen LogP) is 3.38. The minimum atomic E-state index is 0.614. The van der Waals surface area contributed by atoms with E-state index in [0.29, 0.717) is 17.4 Å². The van der Waals surface area contributed by atoms with Gasteiger partial charge in [-0.2, -0.15) is 5.26 Å². The third kappa shape index (κ3) is 3.97. The van der Waals surface area contributed by atoms with E-state index in [9.17, 15) is 0 Å². The van der Waals surface area contributed by atoms with Crippen molar-refractivity contribution in [3.63, 3.8) is 0 Å². The molecule has 0 saturated heterocycles. The van der Waals surface area contributed by atoms with Gasteiger partial charge in [-0.25, -0.2) is 0 Å². The minimum absolute atomic E-state index is 0.614. The smallest absolute Gasteiger partial charge is 0.136 e. The fourth-order valence-corrected chi connectivity index (χ4v) is 2.70. The van der Waals surface area contributed by atoms with Crippen molar-refractivity contribution in [3.05, 3.63) is 29.3 Å². The molecule has 1 N–H and O–H groups in total. The molecule has 0 amide bonds. The molecule has 1 saturated carbocycles. The van der Waals surface area contributed by atoms with Gasteiger partial charge in [-0.05, 0) is 30.5 Å². The molecule has 2 rings (SSSR count). The Bertz CT molecular complexity index is 443. The van der Waals surface area contributed by atoms with Crippen LogP contribution in [0.25, 0.3) is 0 Å². The van der Waals surface area contributed by atoms with Crippen LogP contribution < -0.4 is 10.1 Å². The third-order valence-corrected chi connectivity index (χ3v) is 3.83. The van der Waals surface area contributed by atoms with Crippen molar-refractivity contribution in [2.45, 2.75) is 51.1 Å². The van der Waals surface area contributed by atoms with Crippen LogP contribution in [0.4, 0.5) is 0 Å². The summed E-state index contributed by atoms with van der Waals surface area (Å²) in [5, 5.41) is 12.7. The van der Waals surface area contributed by atoms with Gasteiger partial charge in [0.15, 0.2) is 0 Å². The molecule has 0 atom stereocenters. The van der Waals surface area contributed by atoms with Crippen molar-refractivity contribution in [2.24, 2.45) is 0 Å². The number of hydrogen-bond donors (Lipinski definition) is 1. The fraction of sp³-hybridized carbons (Fsp3) is 0.562. The summed E-state index contributed by atoms with van der Waals surface area (Å²) in [4.78, 5) is 0. The lowest BCUT2D eigenvalue weighted by atomic mass is 10.1. The molecule has 1 aromatic carbocycles. The molecule has 0 bridgehead atoms. The highest BCUT2D eigenvalue weighted by Crippen LogP contribution is 2.20. The third-order valence-electron chi connectivity index (χ3n) is 3.83. The highest BCUT2D eigenvalue weighted by atomic mass is 16.5. The summed E-state index contributed by atoms with van der Waals surface area (Å²) < 4.78 is 5.16. The molecular weight excluding hydrogens is 236 g/mol. The molecule has 1 aliphatic carbocycles. The first-order valence-electron chi connectivity index (χ1n) is 7.14. The van der Waals surface area contributed by atoms with Crippen molar-refractivity contribution in [1.29, 1.82) is 5.26 Å². The Kier molecular flexibility index (Phi) is 5.23. The fourth-order valence-electron chi connectivity index (χ4n) is 2.70. The van der Waals surface area contributed by atoms with Crippen molar-refractivity contribution in [2.75, 3.05) is 7.11 Å². The lowest BCUT2D eigenvalue weighted by Gasteiger charge is -2.16. The number of benzene rings is 1. The summed E-state index contributed by atoms with van der Waals surface area (Å²) in [6, 6.07) is 8.64. The second kappa shape index (κ2) is 7.16. The van der Waals surface area contributed by atoms with Crippen molar-refractivity contribution in [3.8, 4) is 11.8 Å². The topological polar surface area (TPSA) is 45.0 Å². The average molecular weight is 258 g/mol. The van der Waals surface area contributed by atoms with Crippen LogP contribution in [-0.4, -0.2) is 13.2 Å². The number of nitrogens with one attached hydrogen (secondary N) is 1. The molecule has 3 heteroatoms. The molecule has 102 valence electrons. The van der Waals surface area contributed by atoms with Gasteiger partial charge in [-0.15, -0.1) is 0 Å². The second-order valence-corrected chi connectivity index (χ2v) is 5.22. The monoisotopic (exact) mass is 258 g/mol. The van der Waals surface area contributed by atoms with Crippen molar-refractivity contribution >= 4 is 0 Å². The Morgan fingerprint density at radius 1 is 1.26 bits per heavy atom. The molecule has 0 spiro atoms. The summed E-state index contributed by atoms with van der Waals surface area (Å²) in [5.41, 5.74) is 1.77. The molecule has 3 nitrogen and oxygen atoms in total. The highest BCUT2D eigenvalue weighted by molar-refractivity contribution is 5.45. The Morgan fingerprint density at radius 2 is 2.00 bits per heavy atom. The summed E-state index contributed by atoms with van der Waals surface area (Å²) in [5.74, 6) is 0.653. The Hall–Kier alpha value is -1.53. The van der Waals surface area contributed by atoms with E-state index in [4.69, 9.17) is 10.00 Å². The lowest BCUT2D eigenvalue weighted by Crippen LogP contribution is -2.27. The van der Waals surface area contributed by atoms with E-state index in [-0.39, 0.29) is 0 Å². The van der Waals surface area contributed by atoms with Gasteiger partial charge in [0.1, 0.15) is 11.8 Å². The molecule has 0 aromatic heterocycles. The van der Waals surface area contributed by atoms with Gasteiger partial charge in [-0.1, -0.05) is 31.7 Å². The SMILES string of the molecule is COc1ccc(CNC2CCCCCC2)cc1C#N. The van der Waals surface area contributed by atoms with Gasteiger partial charge in [0.05, 0.1) is 12.7 Å². The largest absolute Gasteiger partial charge is 0.495 e. The van der Waals surface area contributed by atoms with E-state index < -0.39 is 0 Å². The average Bonchev–Trinajstić information content (AvgIpc) is 2.73. The first-order chi connectivity index (χ1) is 9.33. The van der Waals surface area contributed by atoms with Crippen LogP contribution in [0.2, 0.25) is 0 Å². The van der Waals surface area contributed by atoms with Crippen LogP contribution in [0.5, 0.6) is 5.75 Å². The van der Waals surface area contributed by atoms with Gasteiger partial charge < -0.3 is 10.1 Å². The first-order valence-corrected chi connectivity index (χ1v) is 7.14. The van der Waals surface area contributed by atoms with Gasteiger partial charge >= 0.3 is 0 Å². The predicted molar refractivity (Wildman–Crippen MR) is 76.0 cm³/mol. The van der Waals surface area contributed by atoms with Crippen LogP contribution in [0.3, 0.4) is 0 Å². The molecule has 0 unspecified atom stereocenters. The summed E-state index contributed by atoms with van der Waals surface area (Å²) in [6.45, 7) is 0.837. The number of rotatable bonds is 4. The zero-order valence-electron chi connectivity index (χ0n) is 11.6. The molecule has 1 aromatic rings. The normalized spacial score (nSPS) is 16.6. The number of methoxy groups -OCH3 is 1. The van der Waals surface area contributed by atoms with Crippen LogP contribution in [0.1, 0.15) is 49.7 Å². The first kappa shape index (κ1) is 13.9. The number of nitrogens with zero attached hydrogens (tertiary/aromatic N) is 1. The molecule has 1 aliphatic rings. The van der Waals surface area contributed by atoms with Crippen LogP contribution >= 0.6 is 0 Å². The zero-order valence-corrected chi connectivity index (χ0v) is 11.6. The second-order valence-electron chi connectivity index (χ2n) is 5.22. The van der Waals surface area contributed by atoms with Gasteiger partial charge in [0.2, 0.25) is 0 Å². The van der Waals surface area contributed by atoms with Gasteiger partial charge in [0.25, 0.3) is 0 Å². The summed E-state index contributed by atoms with van der Waals surface area (Å²) >= 11 is 0. The van der Waals surface area contributed by atoms with E-state index in [0.717, 1.165) is 12.1 Å². The number of hydrogen-bond acceptors (Lipinski definition) is 3. The van der Waals surface area contributed by atoms with E-state index >= 15 is 0 Å². The van der Waals surface area contributed by atoms with E-state index in [1.807, 2.05) is 18.2 Å². The molecule has 0 aliphatic heterocycles. The van der Waals surface area contributed by atoms with Crippen molar-refractivity contribution in [1.82, 2.24) is 5.32 Å². The zero-order chi connectivity index (χ0) is 13.5. The van der Waals surface area contributed by atoms with E-state index in [1.54, 1.807) is 7.11 Å². The molecule has 0 radical (unpaired) electrons. The number of ether oxygens (including phenoxy) is 1. The Morgan fingerprint density at radius 3 is 2.63 bits per heavy atom. The summed E-state index contributed by atoms with van der Waals surface area (Å²) in [6.07, 6.45) is 7.98. The van der Waals surface area contributed by atoms with E-state index in [1.165, 1.54) is 38.5 Å². The maximum atomic E-state index is 9.08. The molecule has 0 heterocycles.